The van der Waals surface area contributed by atoms with Gasteiger partial charge in [-0.05, 0) is 55.5 Å². The van der Waals surface area contributed by atoms with Crippen LogP contribution in [-0.2, 0) is 16.1 Å². The molecule has 1 aliphatic carbocycles. The second-order valence-electron chi connectivity index (χ2n) is 9.86. The molecule has 188 valence electrons. The Kier molecular flexibility index (Phi) is 8.03. The van der Waals surface area contributed by atoms with E-state index in [1.165, 1.54) is 5.56 Å². The normalized spacial score (nSPS) is 24.1. The van der Waals surface area contributed by atoms with Crippen molar-refractivity contribution in [1.29, 1.82) is 0 Å². The highest BCUT2D eigenvalue weighted by Crippen LogP contribution is 2.32. The van der Waals surface area contributed by atoms with Crippen molar-refractivity contribution in [1.82, 2.24) is 14.8 Å². The molecule has 1 aromatic carbocycles. The molecule has 2 aliphatic rings. The Hall–Kier alpha value is -2.97. The average molecular weight is 481 g/mol. The van der Waals surface area contributed by atoms with Crippen molar-refractivity contribution >= 4 is 17.5 Å². The predicted octanol–water partition coefficient (Wildman–Crippen LogP) is 3.44. The molecule has 0 saturated heterocycles. The highest BCUT2D eigenvalue weighted by Gasteiger charge is 2.31. The molecular formula is C27H36N4O4. The molecule has 1 saturated carbocycles. The van der Waals surface area contributed by atoms with Crippen LogP contribution in [0.2, 0.25) is 0 Å². The average Bonchev–Trinajstić information content (AvgIpc) is 3.71. The third-order valence-electron chi connectivity index (χ3n) is 6.93. The summed E-state index contributed by atoms with van der Waals surface area (Å²) in [5, 5.41) is 2.96. The molecule has 8 heteroatoms. The summed E-state index contributed by atoms with van der Waals surface area (Å²) in [4.78, 5) is 33.8. The van der Waals surface area contributed by atoms with Crippen LogP contribution in [0.4, 0.5) is 5.69 Å². The van der Waals surface area contributed by atoms with Crippen LogP contribution in [0, 0.1) is 11.8 Å². The van der Waals surface area contributed by atoms with E-state index in [0.717, 1.165) is 25.9 Å². The third kappa shape index (κ3) is 6.38. The highest BCUT2D eigenvalue weighted by molar-refractivity contribution is 5.99. The molecule has 2 amide bonds. The molecule has 2 aromatic rings. The van der Waals surface area contributed by atoms with Crippen LogP contribution in [0.25, 0.3) is 0 Å². The van der Waals surface area contributed by atoms with E-state index in [9.17, 15) is 9.59 Å². The Morgan fingerprint density at radius 2 is 1.91 bits per heavy atom. The molecule has 1 aliphatic heterocycles. The van der Waals surface area contributed by atoms with Crippen LogP contribution in [0.3, 0.4) is 0 Å². The van der Waals surface area contributed by atoms with Gasteiger partial charge in [0.2, 0.25) is 5.91 Å². The number of hydrogen-bond donors (Lipinski definition) is 1. The van der Waals surface area contributed by atoms with Gasteiger partial charge in [-0.25, -0.2) is 0 Å². The van der Waals surface area contributed by atoms with Crippen LogP contribution in [0.15, 0.2) is 42.7 Å². The lowest BCUT2D eigenvalue weighted by Crippen LogP contribution is -2.46. The van der Waals surface area contributed by atoms with Gasteiger partial charge in [0.25, 0.3) is 5.91 Å². The van der Waals surface area contributed by atoms with Gasteiger partial charge >= 0.3 is 0 Å². The van der Waals surface area contributed by atoms with Crippen molar-refractivity contribution < 1.29 is 19.1 Å². The van der Waals surface area contributed by atoms with Gasteiger partial charge in [-0.15, -0.1) is 0 Å². The molecule has 1 aromatic heterocycles. The number of carbonyl (C=O) groups is 2. The van der Waals surface area contributed by atoms with E-state index in [4.69, 9.17) is 9.47 Å². The van der Waals surface area contributed by atoms with Crippen molar-refractivity contribution in [2.45, 2.75) is 45.4 Å². The number of fused-ring (bicyclic) bond motifs is 1. The number of ether oxygens (including phenoxy) is 2. The number of amides is 2. The maximum absolute atomic E-state index is 13.3. The van der Waals surface area contributed by atoms with Crippen LogP contribution in [0.1, 0.15) is 42.6 Å². The molecule has 3 atom stereocenters. The summed E-state index contributed by atoms with van der Waals surface area (Å²) in [6, 6.07) is 9.41. The number of carbonyl (C=O) groups excluding carboxylic acids is 2. The number of rotatable bonds is 5. The third-order valence-corrected chi connectivity index (χ3v) is 6.93. The number of pyridine rings is 1. The minimum atomic E-state index is -0.129. The van der Waals surface area contributed by atoms with Gasteiger partial charge in [-0.1, -0.05) is 6.92 Å². The molecule has 1 fully saturated rings. The topological polar surface area (TPSA) is 84.0 Å². The van der Waals surface area contributed by atoms with Gasteiger partial charge in [0.1, 0.15) is 12.4 Å². The second-order valence-corrected chi connectivity index (χ2v) is 9.86. The summed E-state index contributed by atoms with van der Waals surface area (Å²) < 4.78 is 12.1. The highest BCUT2D eigenvalue weighted by atomic mass is 16.5. The zero-order valence-corrected chi connectivity index (χ0v) is 21.1. The molecule has 35 heavy (non-hydrogen) atoms. The van der Waals surface area contributed by atoms with Gasteiger partial charge < -0.3 is 19.7 Å². The number of methoxy groups -OCH3 is 1. The van der Waals surface area contributed by atoms with E-state index in [1.54, 1.807) is 37.3 Å². The first-order valence-electron chi connectivity index (χ1n) is 12.3. The SMILES string of the molecule is CO[C@H]1CN(C)C(=O)c2ccc(NC(=O)C3CC3)cc2OC[C@@H](C)N(Cc2ccncc2)C[C@@H]1C. The second kappa shape index (κ2) is 11.2. The quantitative estimate of drug-likeness (QED) is 0.706. The molecule has 0 radical (unpaired) electrons. The summed E-state index contributed by atoms with van der Waals surface area (Å²) in [5.74, 6) is 0.665. The number of nitrogens with zero attached hydrogens (tertiary/aromatic N) is 3. The van der Waals surface area contributed by atoms with Crippen LogP contribution < -0.4 is 10.1 Å². The molecule has 1 N–H and O–H groups in total. The summed E-state index contributed by atoms with van der Waals surface area (Å²) in [7, 11) is 3.49. The number of hydrogen-bond acceptors (Lipinski definition) is 6. The zero-order valence-electron chi connectivity index (χ0n) is 21.1. The number of nitrogens with one attached hydrogen (secondary N) is 1. The van der Waals surface area contributed by atoms with Crippen molar-refractivity contribution in [3.05, 3.63) is 53.9 Å². The summed E-state index contributed by atoms with van der Waals surface area (Å²) in [5.41, 5.74) is 2.30. The fourth-order valence-electron chi connectivity index (χ4n) is 4.46. The minimum absolute atomic E-state index is 0.0235. The van der Waals surface area contributed by atoms with Crippen LogP contribution in [0.5, 0.6) is 5.75 Å². The number of aromatic nitrogens is 1. The van der Waals surface area contributed by atoms with Crippen molar-refractivity contribution in [2.75, 3.05) is 39.2 Å². The van der Waals surface area contributed by atoms with Crippen molar-refractivity contribution in [2.24, 2.45) is 11.8 Å². The van der Waals surface area contributed by atoms with E-state index >= 15 is 0 Å². The Bertz CT molecular complexity index is 1030. The van der Waals surface area contributed by atoms with Crippen LogP contribution in [-0.4, -0.2) is 72.6 Å². The van der Waals surface area contributed by atoms with E-state index < -0.39 is 0 Å². The van der Waals surface area contributed by atoms with Gasteiger partial charge in [0.05, 0.1) is 11.7 Å². The fraction of sp³-hybridized carbons (Fsp3) is 0.519. The number of benzene rings is 1. The Balaban J connectivity index is 1.62. The van der Waals surface area contributed by atoms with E-state index in [-0.39, 0.29) is 35.8 Å². The molecule has 0 unspecified atom stereocenters. The van der Waals surface area contributed by atoms with E-state index in [1.807, 2.05) is 24.5 Å². The van der Waals surface area contributed by atoms with Gasteiger partial charge in [-0.2, -0.15) is 0 Å². The van der Waals surface area contributed by atoms with Crippen molar-refractivity contribution in [3.63, 3.8) is 0 Å². The fourth-order valence-corrected chi connectivity index (χ4v) is 4.46. The Morgan fingerprint density at radius 1 is 1.17 bits per heavy atom. The largest absolute Gasteiger partial charge is 0.491 e. The predicted molar refractivity (Wildman–Crippen MR) is 134 cm³/mol. The lowest BCUT2D eigenvalue weighted by Gasteiger charge is -2.36. The molecule has 2 heterocycles. The summed E-state index contributed by atoms with van der Waals surface area (Å²) >= 11 is 0. The lowest BCUT2D eigenvalue weighted by atomic mass is 10.0. The molecule has 8 nitrogen and oxygen atoms in total. The summed E-state index contributed by atoms with van der Waals surface area (Å²) in [6.07, 6.45) is 5.36. The smallest absolute Gasteiger partial charge is 0.257 e. The van der Waals surface area contributed by atoms with Gasteiger partial charge in [0, 0.05) is 69.9 Å². The first kappa shape index (κ1) is 25.1. The first-order chi connectivity index (χ1) is 16.9. The monoisotopic (exact) mass is 480 g/mol. The molecule has 0 bridgehead atoms. The van der Waals surface area contributed by atoms with Gasteiger partial charge in [-0.3, -0.25) is 19.5 Å². The van der Waals surface area contributed by atoms with Crippen LogP contribution >= 0.6 is 0 Å². The maximum atomic E-state index is 13.3. The zero-order chi connectivity index (χ0) is 24.9. The Labute approximate surface area is 207 Å². The lowest BCUT2D eigenvalue weighted by molar-refractivity contribution is -0.117. The molecule has 4 rings (SSSR count). The number of anilines is 1. The van der Waals surface area contributed by atoms with Gasteiger partial charge in [0.15, 0.2) is 0 Å². The summed E-state index contributed by atoms with van der Waals surface area (Å²) in [6.45, 7) is 6.71. The maximum Gasteiger partial charge on any atom is 0.257 e. The Morgan fingerprint density at radius 3 is 2.60 bits per heavy atom. The van der Waals surface area contributed by atoms with Crippen molar-refractivity contribution in [3.8, 4) is 5.75 Å². The molecule has 0 spiro atoms. The van der Waals surface area contributed by atoms with E-state index in [2.05, 4.69) is 29.0 Å². The van der Waals surface area contributed by atoms with E-state index in [0.29, 0.717) is 30.2 Å². The number of likely N-dealkylation sites (N-methyl/N-ethyl adjacent to an activating group) is 1. The standard InChI is InChI=1S/C27H36N4O4/c1-18-14-31(15-20-9-11-28-12-10-20)19(2)17-35-24-13-22(29-26(32)21-5-6-21)7-8-23(24)27(33)30(3)16-25(18)34-4/h7-13,18-19,21,25H,5-6,14-17H2,1-4H3,(H,29,32)/t18-,19+,25-/m0/s1. The minimum Gasteiger partial charge on any atom is -0.491 e. The molecular weight excluding hydrogens is 444 g/mol. The first-order valence-corrected chi connectivity index (χ1v) is 12.3.